The molecule has 1 aliphatic heterocycles. The number of benzene rings is 6. The van der Waals surface area contributed by atoms with E-state index in [0.29, 0.717) is 0 Å². The van der Waals surface area contributed by atoms with Crippen molar-refractivity contribution in [2.45, 2.75) is 57.8 Å². The summed E-state index contributed by atoms with van der Waals surface area (Å²) >= 11 is 0. The summed E-state index contributed by atoms with van der Waals surface area (Å²) < 4.78 is 0. The van der Waals surface area contributed by atoms with Gasteiger partial charge in [-0.1, -0.05) is 120 Å². The summed E-state index contributed by atoms with van der Waals surface area (Å²) in [6, 6.07) is 49.8. The lowest BCUT2D eigenvalue weighted by atomic mass is 9.71. The van der Waals surface area contributed by atoms with Gasteiger partial charge >= 0.3 is 0 Å². The first-order valence-electron chi connectivity index (χ1n) is 18.8. The van der Waals surface area contributed by atoms with Gasteiger partial charge in [0.25, 0.3) is 0 Å². The van der Waals surface area contributed by atoms with E-state index in [1.807, 2.05) is 0 Å². The minimum atomic E-state index is -0.278. The highest BCUT2D eigenvalue weighted by atomic mass is 15.2. The molecular weight excluding hydrogens is 641 g/mol. The first kappa shape index (κ1) is 31.7. The van der Waals surface area contributed by atoms with Crippen LogP contribution in [0, 0.1) is 0 Å². The van der Waals surface area contributed by atoms with Crippen LogP contribution in [0.2, 0.25) is 0 Å². The van der Waals surface area contributed by atoms with Crippen LogP contribution in [0.15, 0.2) is 163 Å². The highest BCUT2D eigenvalue weighted by Gasteiger charge is 2.43. The molecule has 10 rings (SSSR count). The standard InChI is InChI=1S/C51H42N2/c1-49(2)41-23-15-13-21-37(41)39-27-25-35(29-43(39)49)52(33-17-9-7-10-18-33)36-26-28-47-45(30-36)51(5,6)46-31-40-38-22-14-16-24-42(38)50(3,4)44(40)32-48(46)53(47)34-19-11-8-12-20-34/h7-12,14,16-32H,1-6H3. The normalized spacial score (nSPS) is 17.1. The summed E-state index contributed by atoms with van der Waals surface area (Å²) in [5.74, 6) is 0. The average Bonchev–Trinajstić information content (AvgIpc) is 3.54. The first-order valence-corrected chi connectivity index (χ1v) is 18.8. The molecule has 0 amide bonds. The summed E-state index contributed by atoms with van der Waals surface area (Å²) in [6.45, 7) is 14.2. The summed E-state index contributed by atoms with van der Waals surface area (Å²) in [6.07, 6.45) is 4.20. The zero-order valence-electron chi connectivity index (χ0n) is 31.3. The van der Waals surface area contributed by atoms with Crippen LogP contribution in [0.4, 0.5) is 34.1 Å². The van der Waals surface area contributed by atoms with E-state index in [-0.39, 0.29) is 16.2 Å². The lowest BCUT2D eigenvalue weighted by Crippen LogP contribution is -2.31. The van der Waals surface area contributed by atoms with Crippen molar-refractivity contribution >= 4 is 39.7 Å². The Balaban J connectivity index is 1.18. The predicted octanol–water partition coefficient (Wildman–Crippen LogP) is 13.5. The lowest BCUT2D eigenvalue weighted by Gasteiger charge is -2.43. The summed E-state index contributed by atoms with van der Waals surface area (Å²) in [5, 5.41) is 0. The van der Waals surface area contributed by atoms with Crippen LogP contribution in [-0.2, 0) is 16.2 Å². The van der Waals surface area contributed by atoms with Crippen LogP contribution in [0.1, 0.15) is 74.9 Å². The molecule has 6 aromatic rings. The van der Waals surface area contributed by atoms with Crippen molar-refractivity contribution < 1.29 is 0 Å². The summed E-state index contributed by atoms with van der Waals surface area (Å²) in [4.78, 5) is 4.92. The number of nitrogens with zero attached hydrogens (tertiary/aromatic N) is 2. The molecule has 4 aliphatic rings. The van der Waals surface area contributed by atoms with Crippen LogP contribution in [0.25, 0.3) is 16.7 Å². The molecule has 1 heterocycles. The number of rotatable bonds is 4. The Kier molecular flexibility index (Phi) is 6.57. The van der Waals surface area contributed by atoms with Gasteiger partial charge < -0.3 is 9.80 Å². The minimum Gasteiger partial charge on any atom is -0.310 e. The number of hydrogen-bond donors (Lipinski definition) is 0. The van der Waals surface area contributed by atoms with Gasteiger partial charge in [0, 0.05) is 39.0 Å². The Morgan fingerprint density at radius 1 is 0.434 bits per heavy atom. The van der Waals surface area contributed by atoms with Crippen molar-refractivity contribution in [2.24, 2.45) is 0 Å². The van der Waals surface area contributed by atoms with Crippen molar-refractivity contribution in [3.63, 3.8) is 0 Å². The predicted molar refractivity (Wildman–Crippen MR) is 222 cm³/mol. The Hall–Kier alpha value is -6.04. The van der Waals surface area contributed by atoms with Crippen LogP contribution < -0.4 is 9.80 Å². The molecule has 0 fully saturated rings. The second kappa shape index (κ2) is 11.0. The molecule has 0 spiro atoms. The number of hydrogen-bond acceptors (Lipinski definition) is 2. The van der Waals surface area contributed by atoms with E-state index in [4.69, 9.17) is 0 Å². The fourth-order valence-electron chi connectivity index (χ4n) is 9.63. The topological polar surface area (TPSA) is 6.48 Å². The number of allylic oxidation sites excluding steroid dienone is 4. The van der Waals surface area contributed by atoms with E-state index in [0.717, 1.165) is 17.1 Å². The van der Waals surface area contributed by atoms with E-state index < -0.39 is 0 Å². The fourth-order valence-corrected chi connectivity index (χ4v) is 9.63. The van der Waals surface area contributed by atoms with Crippen LogP contribution in [-0.4, -0.2) is 0 Å². The Morgan fingerprint density at radius 3 is 1.81 bits per heavy atom. The van der Waals surface area contributed by atoms with E-state index in [2.05, 4.69) is 208 Å². The zero-order valence-corrected chi connectivity index (χ0v) is 31.3. The van der Waals surface area contributed by atoms with Crippen molar-refractivity contribution in [1.82, 2.24) is 0 Å². The van der Waals surface area contributed by atoms with E-state index in [1.165, 1.54) is 72.7 Å². The van der Waals surface area contributed by atoms with E-state index in [1.54, 1.807) is 0 Å². The molecule has 0 saturated heterocycles. The fraction of sp³-hybridized carbons (Fsp3) is 0.176. The molecule has 0 unspecified atom stereocenters. The van der Waals surface area contributed by atoms with E-state index >= 15 is 0 Å². The smallest absolute Gasteiger partial charge is 0.0506 e. The minimum absolute atomic E-state index is 0.0872. The quantitative estimate of drug-likeness (QED) is 0.171. The van der Waals surface area contributed by atoms with Crippen LogP contribution in [0.5, 0.6) is 0 Å². The van der Waals surface area contributed by atoms with Gasteiger partial charge in [0.15, 0.2) is 0 Å². The van der Waals surface area contributed by atoms with Gasteiger partial charge in [-0.2, -0.15) is 0 Å². The Labute approximate surface area is 313 Å². The maximum atomic E-state index is 3.21. The van der Waals surface area contributed by atoms with Crippen molar-refractivity contribution in [3.8, 4) is 11.1 Å². The maximum Gasteiger partial charge on any atom is 0.0506 e. The van der Waals surface area contributed by atoms with Gasteiger partial charge in [0.2, 0.25) is 0 Å². The van der Waals surface area contributed by atoms with Crippen LogP contribution in [0.3, 0.4) is 0 Å². The van der Waals surface area contributed by atoms with Crippen LogP contribution >= 0.6 is 0 Å². The number of fused-ring (bicyclic) bond motifs is 7. The van der Waals surface area contributed by atoms with Gasteiger partial charge in [0.05, 0.1) is 11.4 Å². The van der Waals surface area contributed by atoms with Gasteiger partial charge in [0.1, 0.15) is 0 Å². The van der Waals surface area contributed by atoms with Crippen molar-refractivity contribution in [3.05, 3.63) is 196 Å². The van der Waals surface area contributed by atoms with Gasteiger partial charge in [-0.05, 0) is 135 Å². The molecule has 2 heteroatoms. The summed E-state index contributed by atoms with van der Waals surface area (Å²) in [7, 11) is 0. The molecule has 0 bridgehead atoms. The van der Waals surface area contributed by atoms with Gasteiger partial charge in [-0.25, -0.2) is 0 Å². The van der Waals surface area contributed by atoms with Gasteiger partial charge in [-0.15, -0.1) is 0 Å². The third-order valence-corrected chi connectivity index (χ3v) is 12.5. The highest BCUT2D eigenvalue weighted by molar-refractivity contribution is 5.94. The maximum absolute atomic E-state index is 3.21. The van der Waals surface area contributed by atoms with Crippen molar-refractivity contribution in [1.29, 1.82) is 0 Å². The third-order valence-electron chi connectivity index (χ3n) is 12.5. The van der Waals surface area contributed by atoms with E-state index in [9.17, 15) is 0 Å². The number of para-hydroxylation sites is 2. The summed E-state index contributed by atoms with van der Waals surface area (Å²) in [5.41, 5.74) is 26.3. The monoisotopic (exact) mass is 682 g/mol. The molecule has 2 nitrogen and oxygen atoms in total. The molecule has 0 radical (unpaired) electrons. The molecular formula is C51H42N2. The zero-order chi connectivity index (χ0) is 36.3. The first-order chi connectivity index (χ1) is 25.6. The largest absolute Gasteiger partial charge is 0.310 e. The molecule has 53 heavy (non-hydrogen) atoms. The highest BCUT2D eigenvalue weighted by Crippen LogP contribution is 2.58. The Bertz CT molecular complexity index is 2660. The Morgan fingerprint density at radius 2 is 1.04 bits per heavy atom. The molecule has 0 saturated carbocycles. The molecule has 0 atom stereocenters. The second-order valence-corrected chi connectivity index (χ2v) is 16.5. The average molecular weight is 683 g/mol. The molecule has 256 valence electrons. The number of anilines is 6. The molecule has 0 aromatic heterocycles. The molecule has 0 N–H and O–H groups in total. The lowest BCUT2D eigenvalue weighted by molar-refractivity contribution is 0.627. The van der Waals surface area contributed by atoms with Crippen molar-refractivity contribution in [2.75, 3.05) is 9.80 Å². The van der Waals surface area contributed by atoms with Gasteiger partial charge in [-0.3, -0.25) is 0 Å². The molecule has 3 aliphatic carbocycles. The SMILES string of the molecule is CC1(C)C2=C(C=C=C=C2)c2ccc(N(c3ccccc3)c3ccc4c(c3)C(C)(C)c3cc5c(cc3N4c3ccccc3)C(C)(C)c3ccccc3-5)cc21. The molecule has 6 aromatic carbocycles. The second-order valence-electron chi connectivity index (χ2n) is 16.5. The third kappa shape index (κ3) is 4.41.